The molecule has 1 aromatic rings. The molecule has 0 spiro atoms. The third-order valence-corrected chi connectivity index (χ3v) is 3.22. The molecule has 1 aromatic carbocycles. The molecule has 0 fully saturated rings. The minimum Gasteiger partial charge on any atom is -0.323 e. The summed E-state index contributed by atoms with van der Waals surface area (Å²) in [6, 6.07) is 5.45. The van der Waals surface area contributed by atoms with Crippen LogP contribution in [-0.4, -0.2) is 30.7 Å². The summed E-state index contributed by atoms with van der Waals surface area (Å²) in [6.07, 6.45) is -3.51. The van der Waals surface area contributed by atoms with E-state index in [1.165, 1.54) is 4.90 Å². The minimum absolute atomic E-state index is 0.219. The van der Waals surface area contributed by atoms with Crippen LogP contribution in [0.1, 0.15) is 36.1 Å². The first-order chi connectivity index (χ1) is 9.23. The van der Waals surface area contributed by atoms with Crippen molar-refractivity contribution in [2.45, 2.75) is 39.4 Å². The number of rotatable bonds is 6. The number of alkyl halides is 3. The van der Waals surface area contributed by atoms with Crippen LogP contribution in [0.25, 0.3) is 0 Å². The number of nitrogens with zero attached hydrogens (tertiary/aromatic N) is 1. The normalized spacial score (nSPS) is 13.8. The highest BCUT2D eigenvalue weighted by molar-refractivity contribution is 5.32. The number of halogens is 3. The van der Waals surface area contributed by atoms with Gasteiger partial charge in [0.2, 0.25) is 0 Å². The molecule has 2 N–H and O–H groups in total. The van der Waals surface area contributed by atoms with Crippen LogP contribution >= 0.6 is 0 Å². The molecule has 0 radical (unpaired) electrons. The van der Waals surface area contributed by atoms with E-state index in [4.69, 9.17) is 5.73 Å². The van der Waals surface area contributed by atoms with Crippen LogP contribution in [0.5, 0.6) is 0 Å². The first-order valence-corrected chi connectivity index (χ1v) is 6.84. The van der Waals surface area contributed by atoms with Crippen molar-refractivity contribution in [3.8, 4) is 0 Å². The molecule has 0 saturated carbocycles. The Hall–Kier alpha value is -1.07. The zero-order valence-electron chi connectivity index (χ0n) is 12.3. The van der Waals surface area contributed by atoms with Gasteiger partial charge in [0.15, 0.2) is 0 Å². The van der Waals surface area contributed by atoms with Crippen LogP contribution in [-0.2, 0) is 0 Å². The van der Waals surface area contributed by atoms with E-state index in [9.17, 15) is 13.2 Å². The van der Waals surface area contributed by atoms with Crippen molar-refractivity contribution in [2.75, 3.05) is 19.6 Å². The monoisotopic (exact) mass is 288 g/mol. The highest BCUT2D eigenvalue weighted by Crippen LogP contribution is 2.21. The largest absolute Gasteiger partial charge is 0.401 e. The predicted molar refractivity (Wildman–Crippen MR) is 75.6 cm³/mol. The third kappa shape index (κ3) is 5.51. The molecule has 0 aromatic heterocycles. The van der Waals surface area contributed by atoms with Gasteiger partial charge in [-0.1, -0.05) is 30.7 Å². The summed E-state index contributed by atoms with van der Waals surface area (Å²) in [4.78, 5) is 1.38. The number of nitrogens with two attached hydrogens (primary N) is 1. The standard InChI is InChI=1S/C15H23F3N2/c1-4-7-20(10-15(16,17)18)9-14(19)13-6-5-11(2)8-12(13)3/h5-6,8,14H,4,7,9-10,19H2,1-3H3. The van der Waals surface area contributed by atoms with Crippen LogP contribution < -0.4 is 5.73 Å². The fourth-order valence-corrected chi connectivity index (χ4v) is 2.42. The van der Waals surface area contributed by atoms with Crippen LogP contribution in [0.15, 0.2) is 18.2 Å². The van der Waals surface area contributed by atoms with Gasteiger partial charge < -0.3 is 5.73 Å². The van der Waals surface area contributed by atoms with E-state index < -0.39 is 18.8 Å². The second-order valence-corrected chi connectivity index (χ2v) is 5.32. The molecule has 0 heterocycles. The average Bonchev–Trinajstić information content (AvgIpc) is 2.26. The van der Waals surface area contributed by atoms with Crippen molar-refractivity contribution >= 4 is 0 Å². The van der Waals surface area contributed by atoms with E-state index in [-0.39, 0.29) is 6.54 Å². The van der Waals surface area contributed by atoms with E-state index in [2.05, 4.69) is 0 Å². The summed E-state index contributed by atoms with van der Waals surface area (Å²) in [5.74, 6) is 0. The number of aryl methyl sites for hydroxylation is 2. The lowest BCUT2D eigenvalue weighted by Crippen LogP contribution is -2.39. The second kappa shape index (κ2) is 7.09. The Bertz CT molecular complexity index is 430. The molecule has 5 heteroatoms. The molecule has 0 amide bonds. The van der Waals surface area contributed by atoms with E-state index in [1.807, 2.05) is 39.0 Å². The fourth-order valence-electron chi connectivity index (χ4n) is 2.42. The molecule has 114 valence electrons. The van der Waals surface area contributed by atoms with E-state index in [1.54, 1.807) is 0 Å². The Morgan fingerprint density at radius 2 is 1.90 bits per heavy atom. The van der Waals surface area contributed by atoms with Crippen molar-refractivity contribution in [2.24, 2.45) is 5.73 Å². The summed E-state index contributed by atoms with van der Waals surface area (Å²) in [5.41, 5.74) is 9.16. The van der Waals surface area contributed by atoms with Gasteiger partial charge in [0, 0.05) is 12.6 Å². The average molecular weight is 288 g/mol. The minimum atomic E-state index is -4.18. The van der Waals surface area contributed by atoms with Crippen molar-refractivity contribution in [3.05, 3.63) is 34.9 Å². The lowest BCUT2D eigenvalue weighted by Gasteiger charge is -2.27. The number of hydrogen-bond acceptors (Lipinski definition) is 2. The fraction of sp³-hybridized carbons (Fsp3) is 0.600. The molecule has 0 saturated heterocycles. The van der Waals surface area contributed by atoms with Gasteiger partial charge in [-0.15, -0.1) is 0 Å². The second-order valence-electron chi connectivity index (χ2n) is 5.32. The van der Waals surface area contributed by atoms with E-state index in [0.717, 1.165) is 16.7 Å². The van der Waals surface area contributed by atoms with E-state index >= 15 is 0 Å². The Balaban J connectivity index is 2.76. The maximum absolute atomic E-state index is 12.5. The summed E-state index contributed by atoms with van der Waals surface area (Å²) in [6.45, 7) is 5.51. The Kier molecular flexibility index (Phi) is 6.02. The summed E-state index contributed by atoms with van der Waals surface area (Å²) in [7, 11) is 0. The maximum atomic E-state index is 12.5. The van der Waals surface area contributed by atoms with E-state index in [0.29, 0.717) is 13.0 Å². The van der Waals surface area contributed by atoms with Gasteiger partial charge in [0.25, 0.3) is 0 Å². The van der Waals surface area contributed by atoms with Crippen LogP contribution in [0.2, 0.25) is 0 Å². The predicted octanol–water partition coefficient (Wildman–Crippen LogP) is 3.58. The van der Waals surface area contributed by atoms with Crippen LogP contribution in [0, 0.1) is 13.8 Å². The van der Waals surface area contributed by atoms with Gasteiger partial charge in [-0.2, -0.15) is 13.2 Å². The molecule has 0 bridgehead atoms. The molecular weight excluding hydrogens is 265 g/mol. The topological polar surface area (TPSA) is 29.3 Å². The number of hydrogen-bond donors (Lipinski definition) is 1. The van der Waals surface area contributed by atoms with Crippen molar-refractivity contribution < 1.29 is 13.2 Å². The molecule has 1 rings (SSSR count). The number of benzene rings is 1. The molecule has 0 aliphatic heterocycles. The lowest BCUT2D eigenvalue weighted by atomic mass is 9.99. The van der Waals surface area contributed by atoms with Gasteiger partial charge >= 0.3 is 6.18 Å². The quantitative estimate of drug-likeness (QED) is 0.867. The molecular formula is C15H23F3N2. The molecule has 2 nitrogen and oxygen atoms in total. The molecule has 0 aliphatic rings. The SMILES string of the molecule is CCCN(CC(N)c1ccc(C)cc1C)CC(F)(F)F. The molecule has 1 unspecified atom stereocenters. The highest BCUT2D eigenvalue weighted by atomic mass is 19.4. The highest BCUT2D eigenvalue weighted by Gasteiger charge is 2.31. The van der Waals surface area contributed by atoms with Gasteiger partial charge in [-0.25, -0.2) is 0 Å². The van der Waals surface area contributed by atoms with Crippen molar-refractivity contribution in [1.29, 1.82) is 0 Å². The first kappa shape index (κ1) is 17.0. The molecule has 20 heavy (non-hydrogen) atoms. The van der Waals surface area contributed by atoms with Gasteiger partial charge in [0.05, 0.1) is 6.54 Å². The zero-order chi connectivity index (χ0) is 15.3. The van der Waals surface area contributed by atoms with Gasteiger partial charge in [-0.3, -0.25) is 4.90 Å². The lowest BCUT2D eigenvalue weighted by molar-refractivity contribution is -0.146. The maximum Gasteiger partial charge on any atom is 0.401 e. The smallest absolute Gasteiger partial charge is 0.323 e. The van der Waals surface area contributed by atoms with Crippen molar-refractivity contribution in [1.82, 2.24) is 4.90 Å². The third-order valence-electron chi connectivity index (χ3n) is 3.22. The Morgan fingerprint density at radius 3 is 2.40 bits per heavy atom. The summed E-state index contributed by atoms with van der Waals surface area (Å²) in [5, 5.41) is 0. The Labute approximate surface area is 118 Å². The summed E-state index contributed by atoms with van der Waals surface area (Å²) < 4.78 is 37.6. The van der Waals surface area contributed by atoms with Crippen molar-refractivity contribution in [3.63, 3.8) is 0 Å². The molecule has 1 atom stereocenters. The first-order valence-electron chi connectivity index (χ1n) is 6.84. The van der Waals surface area contributed by atoms with Crippen LogP contribution in [0.3, 0.4) is 0 Å². The molecule has 0 aliphatic carbocycles. The van der Waals surface area contributed by atoms with Gasteiger partial charge in [-0.05, 0) is 37.9 Å². The zero-order valence-corrected chi connectivity index (χ0v) is 12.3. The Morgan fingerprint density at radius 1 is 1.25 bits per heavy atom. The van der Waals surface area contributed by atoms with Crippen LogP contribution in [0.4, 0.5) is 13.2 Å². The summed E-state index contributed by atoms with van der Waals surface area (Å²) >= 11 is 0. The van der Waals surface area contributed by atoms with Gasteiger partial charge in [0.1, 0.15) is 0 Å².